The van der Waals surface area contributed by atoms with Crippen LogP contribution in [0.2, 0.25) is 0 Å². The van der Waals surface area contributed by atoms with Crippen LogP contribution in [0.1, 0.15) is 65.2 Å². The normalized spacial score (nSPS) is 29.1. The van der Waals surface area contributed by atoms with E-state index in [2.05, 4.69) is 24.1 Å². The number of likely N-dealkylation sites (tertiary alicyclic amines) is 1. The topological polar surface area (TPSA) is 35.5 Å². The predicted octanol–water partition coefficient (Wildman–Crippen LogP) is 2.78. The molecule has 0 aromatic rings. The number of aliphatic hydroxyl groups is 1. The molecule has 0 radical (unpaired) electrons. The maximum atomic E-state index is 10.1. The molecule has 0 amide bonds. The highest BCUT2D eigenvalue weighted by Crippen LogP contribution is 2.47. The van der Waals surface area contributed by atoms with Crippen molar-refractivity contribution in [2.75, 3.05) is 26.2 Å². The van der Waals surface area contributed by atoms with Gasteiger partial charge in [0.25, 0.3) is 0 Å². The van der Waals surface area contributed by atoms with Crippen molar-refractivity contribution in [3.05, 3.63) is 0 Å². The van der Waals surface area contributed by atoms with Crippen LogP contribution >= 0.6 is 0 Å². The summed E-state index contributed by atoms with van der Waals surface area (Å²) in [5, 5.41) is 13.8. The molecule has 3 heteroatoms. The van der Waals surface area contributed by atoms with Crippen molar-refractivity contribution < 1.29 is 5.11 Å². The van der Waals surface area contributed by atoms with Crippen molar-refractivity contribution in [2.24, 2.45) is 11.3 Å². The average Bonchev–Trinajstić information content (AvgIpc) is 3.23. The standard InChI is InChI=1S/C18H34N2O/c1-15(2)19-18(14-21,16-5-6-16)13-20-11-9-17(10-12-20)7-3-4-8-17/h15-16,19,21H,3-14H2,1-2H3. The molecule has 2 aliphatic carbocycles. The van der Waals surface area contributed by atoms with Crippen molar-refractivity contribution in [1.82, 2.24) is 10.2 Å². The number of piperidine rings is 1. The highest BCUT2D eigenvalue weighted by atomic mass is 16.3. The van der Waals surface area contributed by atoms with Gasteiger partial charge in [0.15, 0.2) is 0 Å². The zero-order valence-electron chi connectivity index (χ0n) is 14.0. The molecule has 3 rings (SSSR count). The predicted molar refractivity (Wildman–Crippen MR) is 87.4 cm³/mol. The van der Waals surface area contributed by atoms with Gasteiger partial charge >= 0.3 is 0 Å². The third kappa shape index (κ3) is 3.46. The van der Waals surface area contributed by atoms with Crippen molar-refractivity contribution in [2.45, 2.75) is 76.8 Å². The van der Waals surface area contributed by atoms with E-state index in [0.29, 0.717) is 17.4 Å². The first-order chi connectivity index (χ1) is 10.1. The van der Waals surface area contributed by atoms with Gasteiger partial charge in [-0.3, -0.25) is 0 Å². The van der Waals surface area contributed by atoms with Gasteiger partial charge in [-0.15, -0.1) is 0 Å². The molecular formula is C18H34N2O. The molecule has 1 saturated heterocycles. The molecule has 21 heavy (non-hydrogen) atoms. The summed E-state index contributed by atoms with van der Waals surface area (Å²) in [5.74, 6) is 0.687. The average molecular weight is 294 g/mol. The summed E-state index contributed by atoms with van der Waals surface area (Å²) in [5.41, 5.74) is 0.651. The van der Waals surface area contributed by atoms with Gasteiger partial charge in [0.2, 0.25) is 0 Å². The summed E-state index contributed by atoms with van der Waals surface area (Å²) in [4.78, 5) is 2.63. The van der Waals surface area contributed by atoms with Gasteiger partial charge in [0, 0.05) is 12.6 Å². The Morgan fingerprint density at radius 2 is 1.76 bits per heavy atom. The molecule has 1 heterocycles. The Morgan fingerprint density at radius 1 is 1.14 bits per heavy atom. The van der Waals surface area contributed by atoms with Crippen molar-refractivity contribution in [3.8, 4) is 0 Å². The lowest BCUT2D eigenvalue weighted by Gasteiger charge is -2.45. The summed E-state index contributed by atoms with van der Waals surface area (Å²) >= 11 is 0. The van der Waals surface area contributed by atoms with Crippen molar-refractivity contribution >= 4 is 0 Å². The Bertz CT molecular complexity index is 337. The Labute approximate surface area is 130 Å². The van der Waals surface area contributed by atoms with Crippen LogP contribution in [0.25, 0.3) is 0 Å². The largest absolute Gasteiger partial charge is 0.394 e. The third-order valence-corrected chi connectivity index (χ3v) is 6.30. The minimum atomic E-state index is -0.0473. The lowest BCUT2D eigenvalue weighted by Crippen LogP contribution is -2.61. The van der Waals surface area contributed by atoms with Crippen molar-refractivity contribution in [3.63, 3.8) is 0 Å². The second-order valence-corrected chi connectivity index (χ2v) is 8.37. The fraction of sp³-hybridized carbons (Fsp3) is 1.00. The molecular weight excluding hydrogens is 260 g/mol. The van der Waals surface area contributed by atoms with E-state index in [0.717, 1.165) is 6.54 Å². The van der Waals surface area contributed by atoms with E-state index in [-0.39, 0.29) is 12.1 Å². The van der Waals surface area contributed by atoms with E-state index >= 15 is 0 Å². The van der Waals surface area contributed by atoms with Gasteiger partial charge in [0.1, 0.15) is 0 Å². The smallest absolute Gasteiger partial charge is 0.0628 e. The first kappa shape index (κ1) is 15.8. The molecule has 2 N–H and O–H groups in total. The van der Waals surface area contributed by atoms with Crippen molar-refractivity contribution in [1.29, 1.82) is 0 Å². The minimum Gasteiger partial charge on any atom is -0.394 e. The van der Waals surface area contributed by atoms with E-state index < -0.39 is 0 Å². The Balaban J connectivity index is 1.59. The van der Waals surface area contributed by atoms with Gasteiger partial charge in [-0.05, 0) is 62.9 Å². The third-order valence-electron chi connectivity index (χ3n) is 6.30. The van der Waals surface area contributed by atoms with Crippen LogP contribution in [-0.2, 0) is 0 Å². The number of nitrogens with zero attached hydrogens (tertiary/aromatic N) is 1. The zero-order chi connectivity index (χ0) is 14.9. The summed E-state index contributed by atoms with van der Waals surface area (Å²) < 4.78 is 0. The monoisotopic (exact) mass is 294 g/mol. The van der Waals surface area contributed by atoms with Crippen LogP contribution in [0.3, 0.4) is 0 Å². The molecule has 3 aliphatic rings. The minimum absolute atomic E-state index is 0.0473. The van der Waals surface area contributed by atoms with Crippen LogP contribution in [-0.4, -0.2) is 47.8 Å². The lowest BCUT2D eigenvalue weighted by molar-refractivity contribution is 0.0455. The zero-order valence-corrected chi connectivity index (χ0v) is 14.0. The second kappa shape index (κ2) is 6.17. The lowest BCUT2D eigenvalue weighted by atomic mass is 9.76. The van der Waals surface area contributed by atoms with Gasteiger partial charge in [-0.25, -0.2) is 0 Å². The fourth-order valence-electron chi connectivity index (χ4n) is 4.94. The molecule has 3 fully saturated rings. The quantitative estimate of drug-likeness (QED) is 0.791. The maximum absolute atomic E-state index is 10.1. The molecule has 3 nitrogen and oxygen atoms in total. The fourth-order valence-corrected chi connectivity index (χ4v) is 4.94. The van der Waals surface area contributed by atoms with E-state index in [1.807, 2.05) is 0 Å². The summed E-state index contributed by atoms with van der Waals surface area (Å²) in [6.45, 7) is 8.23. The Hall–Kier alpha value is -0.120. The summed E-state index contributed by atoms with van der Waals surface area (Å²) in [7, 11) is 0. The van der Waals surface area contributed by atoms with Gasteiger partial charge < -0.3 is 15.3 Å². The molecule has 1 unspecified atom stereocenters. The van der Waals surface area contributed by atoms with Gasteiger partial charge in [-0.2, -0.15) is 0 Å². The van der Waals surface area contributed by atoms with Crippen LogP contribution in [0.4, 0.5) is 0 Å². The first-order valence-corrected chi connectivity index (χ1v) is 9.18. The number of hydrogen-bond acceptors (Lipinski definition) is 3. The molecule has 1 atom stereocenters. The Morgan fingerprint density at radius 3 is 2.24 bits per heavy atom. The number of hydrogen-bond donors (Lipinski definition) is 2. The van der Waals surface area contributed by atoms with Gasteiger partial charge in [-0.1, -0.05) is 26.7 Å². The first-order valence-electron chi connectivity index (χ1n) is 9.18. The van der Waals surface area contributed by atoms with Crippen LogP contribution in [0.15, 0.2) is 0 Å². The Kier molecular flexibility index (Phi) is 4.63. The molecule has 0 aromatic heterocycles. The number of aliphatic hydroxyl groups excluding tert-OH is 1. The number of rotatable bonds is 6. The van der Waals surface area contributed by atoms with E-state index in [4.69, 9.17) is 0 Å². The van der Waals surface area contributed by atoms with E-state index in [1.54, 1.807) is 0 Å². The highest BCUT2D eigenvalue weighted by Gasteiger charge is 2.47. The molecule has 1 aliphatic heterocycles. The molecule has 0 aromatic carbocycles. The van der Waals surface area contributed by atoms with E-state index in [9.17, 15) is 5.11 Å². The highest BCUT2D eigenvalue weighted by molar-refractivity contribution is 5.04. The maximum Gasteiger partial charge on any atom is 0.0628 e. The molecule has 0 bridgehead atoms. The molecule has 122 valence electrons. The van der Waals surface area contributed by atoms with E-state index in [1.165, 1.54) is 64.5 Å². The van der Waals surface area contributed by atoms with Crippen LogP contribution in [0, 0.1) is 11.3 Å². The second-order valence-electron chi connectivity index (χ2n) is 8.37. The van der Waals surface area contributed by atoms with Crippen LogP contribution in [0.5, 0.6) is 0 Å². The molecule has 2 saturated carbocycles. The summed E-state index contributed by atoms with van der Waals surface area (Å²) in [6.07, 6.45) is 11.2. The summed E-state index contributed by atoms with van der Waals surface area (Å²) in [6, 6.07) is 0.448. The number of nitrogens with one attached hydrogen (secondary N) is 1. The molecule has 1 spiro atoms. The van der Waals surface area contributed by atoms with Gasteiger partial charge in [0.05, 0.1) is 12.1 Å². The SMILES string of the molecule is CC(C)NC(CO)(CN1CCC2(CCCC2)CC1)C1CC1. The van der Waals surface area contributed by atoms with Crippen LogP contribution < -0.4 is 5.32 Å².